The molecule has 160 valence electrons. The molecule has 0 aliphatic carbocycles. The van der Waals surface area contributed by atoms with Crippen molar-refractivity contribution in [2.24, 2.45) is 0 Å². The lowest BCUT2D eigenvalue weighted by atomic mass is 10.2. The Labute approximate surface area is 188 Å². The van der Waals surface area contributed by atoms with E-state index in [0.717, 1.165) is 4.90 Å². The third-order valence-electron chi connectivity index (χ3n) is 4.23. The van der Waals surface area contributed by atoms with Gasteiger partial charge in [-0.3, -0.25) is 9.59 Å². The van der Waals surface area contributed by atoms with Gasteiger partial charge in [0.25, 0.3) is 5.91 Å². The Morgan fingerprint density at radius 1 is 0.968 bits per heavy atom. The van der Waals surface area contributed by atoms with E-state index < -0.39 is 24.4 Å². The van der Waals surface area contributed by atoms with Crippen LogP contribution in [0, 0.1) is 0 Å². The lowest BCUT2D eigenvalue weighted by molar-refractivity contribution is -0.136. The van der Waals surface area contributed by atoms with E-state index in [-0.39, 0.29) is 12.3 Å². The van der Waals surface area contributed by atoms with Crippen molar-refractivity contribution in [3.8, 4) is 11.3 Å². The van der Waals surface area contributed by atoms with E-state index >= 15 is 0 Å². The number of nitrogens with zero attached hydrogens (tertiary/aromatic N) is 1. The SMILES string of the molecule is CN(CC(=O)Nc1ccccc1Cl)C(=O)COC(=O)c1ccc(-c2ccccc2Cl)o1. The first-order valence-corrected chi connectivity index (χ1v) is 9.91. The Hall–Kier alpha value is -3.29. The molecule has 0 fully saturated rings. The molecule has 2 aromatic carbocycles. The minimum absolute atomic E-state index is 0.0677. The summed E-state index contributed by atoms with van der Waals surface area (Å²) in [5, 5.41) is 3.47. The van der Waals surface area contributed by atoms with Gasteiger partial charge in [-0.05, 0) is 36.4 Å². The monoisotopic (exact) mass is 460 g/mol. The summed E-state index contributed by atoms with van der Waals surface area (Å²) in [5.74, 6) is -1.47. The highest BCUT2D eigenvalue weighted by Crippen LogP contribution is 2.29. The first-order valence-electron chi connectivity index (χ1n) is 9.15. The summed E-state index contributed by atoms with van der Waals surface area (Å²) in [4.78, 5) is 37.6. The lowest BCUT2D eigenvalue weighted by Gasteiger charge is -2.17. The second kappa shape index (κ2) is 10.1. The van der Waals surface area contributed by atoms with E-state index in [9.17, 15) is 14.4 Å². The smallest absolute Gasteiger partial charge is 0.374 e. The van der Waals surface area contributed by atoms with Crippen molar-refractivity contribution in [2.45, 2.75) is 0 Å². The van der Waals surface area contributed by atoms with Gasteiger partial charge in [0.05, 0.1) is 22.3 Å². The van der Waals surface area contributed by atoms with Crippen LogP contribution in [0.25, 0.3) is 11.3 Å². The standard InChI is InChI=1S/C22H18Cl2N2O5/c1-26(12-20(27)25-17-9-5-4-8-16(17)24)21(28)13-30-22(29)19-11-10-18(31-19)14-6-2-3-7-15(14)23/h2-11H,12-13H2,1H3,(H,25,27). The van der Waals surface area contributed by atoms with Gasteiger partial charge >= 0.3 is 5.97 Å². The summed E-state index contributed by atoms with van der Waals surface area (Å²) in [6.07, 6.45) is 0. The number of furan rings is 1. The molecule has 9 heteroatoms. The largest absolute Gasteiger partial charge is 0.450 e. The molecule has 1 N–H and O–H groups in total. The maximum atomic E-state index is 12.2. The first-order chi connectivity index (χ1) is 14.8. The molecule has 7 nitrogen and oxygen atoms in total. The fraction of sp³-hybridized carbons (Fsp3) is 0.136. The van der Waals surface area contributed by atoms with Gasteiger partial charge in [-0.25, -0.2) is 4.79 Å². The van der Waals surface area contributed by atoms with Crippen molar-refractivity contribution >= 4 is 46.7 Å². The Bertz CT molecular complexity index is 1110. The second-order valence-electron chi connectivity index (χ2n) is 6.50. The molecule has 3 aromatic rings. The molecule has 0 aliphatic rings. The molecule has 0 unspecified atom stereocenters. The van der Waals surface area contributed by atoms with Crippen molar-refractivity contribution in [1.29, 1.82) is 0 Å². The van der Waals surface area contributed by atoms with Crippen LogP contribution >= 0.6 is 23.2 Å². The second-order valence-corrected chi connectivity index (χ2v) is 7.31. The number of hydrogen-bond acceptors (Lipinski definition) is 5. The van der Waals surface area contributed by atoms with Crippen molar-refractivity contribution in [2.75, 3.05) is 25.5 Å². The summed E-state index contributed by atoms with van der Waals surface area (Å²) in [6, 6.07) is 16.8. The van der Waals surface area contributed by atoms with Gasteiger partial charge in [0.2, 0.25) is 11.7 Å². The fourth-order valence-corrected chi connectivity index (χ4v) is 3.03. The number of rotatable bonds is 7. The summed E-state index contributed by atoms with van der Waals surface area (Å²) in [5.41, 5.74) is 1.07. The van der Waals surface area contributed by atoms with Crippen LogP contribution in [0.5, 0.6) is 0 Å². The van der Waals surface area contributed by atoms with Gasteiger partial charge in [0.15, 0.2) is 6.61 Å². The van der Waals surface area contributed by atoms with E-state index in [4.69, 9.17) is 32.4 Å². The number of benzene rings is 2. The molecule has 1 heterocycles. The Morgan fingerprint density at radius 3 is 2.35 bits per heavy atom. The zero-order valence-corrected chi connectivity index (χ0v) is 17.9. The van der Waals surface area contributed by atoms with Crippen molar-refractivity contribution in [3.63, 3.8) is 0 Å². The highest BCUT2D eigenvalue weighted by molar-refractivity contribution is 6.33. The molecular weight excluding hydrogens is 443 g/mol. The van der Waals surface area contributed by atoms with Crippen LogP contribution in [0.1, 0.15) is 10.6 Å². The number of hydrogen-bond donors (Lipinski definition) is 1. The summed E-state index contributed by atoms with van der Waals surface area (Å²) >= 11 is 12.1. The van der Waals surface area contributed by atoms with Gasteiger partial charge < -0.3 is 19.4 Å². The number of carbonyl (C=O) groups is 3. The van der Waals surface area contributed by atoms with Crippen LogP contribution in [0.4, 0.5) is 5.69 Å². The lowest BCUT2D eigenvalue weighted by Crippen LogP contribution is -2.37. The number of nitrogens with one attached hydrogen (secondary N) is 1. The minimum Gasteiger partial charge on any atom is -0.450 e. The molecule has 0 bridgehead atoms. The van der Waals surface area contributed by atoms with Crippen LogP contribution in [0.2, 0.25) is 10.0 Å². The quantitative estimate of drug-likeness (QED) is 0.524. The summed E-state index contributed by atoms with van der Waals surface area (Å²) < 4.78 is 10.5. The highest BCUT2D eigenvalue weighted by atomic mass is 35.5. The molecule has 0 saturated carbocycles. The van der Waals surface area contributed by atoms with Crippen molar-refractivity contribution in [3.05, 3.63) is 76.5 Å². The predicted octanol–water partition coefficient (Wildman–Crippen LogP) is 4.51. The van der Waals surface area contributed by atoms with Crippen molar-refractivity contribution in [1.82, 2.24) is 4.90 Å². The third-order valence-corrected chi connectivity index (χ3v) is 4.89. The molecular formula is C22H18Cl2N2O5. The molecule has 31 heavy (non-hydrogen) atoms. The van der Waals surface area contributed by atoms with Crippen LogP contribution < -0.4 is 5.32 Å². The maximum Gasteiger partial charge on any atom is 0.374 e. The fourth-order valence-electron chi connectivity index (χ4n) is 2.62. The Balaban J connectivity index is 1.51. The summed E-state index contributed by atoms with van der Waals surface area (Å²) in [6.45, 7) is -0.782. The van der Waals surface area contributed by atoms with Crippen LogP contribution in [-0.4, -0.2) is 42.9 Å². The molecule has 0 saturated heterocycles. The van der Waals surface area contributed by atoms with Gasteiger partial charge in [0, 0.05) is 12.6 Å². The van der Waals surface area contributed by atoms with Crippen molar-refractivity contribution < 1.29 is 23.5 Å². The summed E-state index contributed by atoms with van der Waals surface area (Å²) in [7, 11) is 1.42. The van der Waals surface area contributed by atoms with Gasteiger partial charge in [-0.15, -0.1) is 0 Å². The number of halogens is 2. The normalized spacial score (nSPS) is 10.4. The molecule has 0 radical (unpaired) electrons. The number of para-hydroxylation sites is 1. The topological polar surface area (TPSA) is 88.9 Å². The average Bonchev–Trinajstić information content (AvgIpc) is 3.23. The van der Waals surface area contributed by atoms with Crippen LogP contribution in [-0.2, 0) is 14.3 Å². The van der Waals surface area contributed by atoms with Crippen LogP contribution in [0.15, 0.2) is 65.1 Å². The molecule has 2 amide bonds. The number of amides is 2. The molecule has 1 aromatic heterocycles. The molecule has 3 rings (SSSR count). The Morgan fingerprint density at radius 2 is 1.65 bits per heavy atom. The number of esters is 1. The Kier molecular flexibility index (Phi) is 7.33. The molecule has 0 aliphatic heterocycles. The van der Waals surface area contributed by atoms with Gasteiger partial charge in [-0.2, -0.15) is 0 Å². The number of likely N-dealkylation sites (N-methyl/N-ethyl adjacent to an activating group) is 1. The van der Waals surface area contributed by atoms with Crippen LogP contribution in [0.3, 0.4) is 0 Å². The number of ether oxygens (including phenoxy) is 1. The number of anilines is 1. The van der Waals surface area contributed by atoms with Gasteiger partial charge in [0.1, 0.15) is 5.76 Å². The highest BCUT2D eigenvalue weighted by Gasteiger charge is 2.19. The zero-order chi connectivity index (χ0) is 22.4. The third kappa shape index (κ3) is 5.87. The molecule has 0 spiro atoms. The number of carbonyl (C=O) groups excluding carboxylic acids is 3. The average molecular weight is 461 g/mol. The first kappa shape index (κ1) is 22.4. The van der Waals surface area contributed by atoms with E-state index in [1.807, 2.05) is 0 Å². The zero-order valence-electron chi connectivity index (χ0n) is 16.4. The van der Waals surface area contributed by atoms with Gasteiger partial charge in [-0.1, -0.05) is 47.5 Å². The van der Waals surface area contributed by atoms with E-state index in [0.29, 0.717) is 27.1 Å². The van der Waals surface area contributed by atoms with E-state index in [2.05, 4.69) is 5.32 Å². The minimum atomic E-state index is -0.805. The van der Waals surface area contributed by atoms with E-state index in [1.165, 1.54) is 13.1 Å². The molecule has 0 atom stereocenters. The van der Waals surface area contributed by atoms with E-state index in [1.54, 1.807) is 54.6 Å². The predicted molar refractivity (Wildman–Crippen MR) is 117 cm³/mol. The maximum absolute atomic E-state index is 12.2.